The fraction of sp³-hybridized carbons (Fsp3) is 0.294. The normalized spacial score (nSPS) is 11.3. The van der Waals surface area contributed by atoms with Gasteiger partial charge in [0.15, 0.2) is 15.6 Å². The second kappa shape index (κ2) is 6.60. The molecule has 0 aliphatic carbocycles. The second-order valence-corrected chi connectivity index (χ2v) is 7.84. The minimum Gasteiger partial charge on any atom is -0.354 e. The third kappa shape index (κ3) is 3.41. The van der Waals surface area contributed by atoms with Crippen molar-refractivity contribution in [3.8, 4) is 0 Å². The number of anilines is 1. The number of aromatic nitrogens is 1. The number of H-pyrrole nitrogens is 1. The molecule has 0 atom stereocenters. The molecule has 0 saturated heterocycles. The molecule has 2 N–H and O–H groups in total. The Morgan fingerprint density at radius 1 is 1.12 bits per heavy atom. The quantitative estimate of drug-likeness (QED) is 0.812. The maximum Gasteiger partial charge on any atom is 0.272 e. The summed E-state index contributed by atoms with van der Waals surface area (Å²) >= 11 is 0. The molecule has 1 aromatic carbocycles. The van der Waals surface area contributed by atoms with E-state index in [1.165, 1.54) is 31.2 Å². The van der Waals surface area contributed by atoms with Gasteiger partial charge in [-0.15, -0.1) is 0 Å². The molecule has 7 heteroatoms. The summed E-state index contributed by atoms with van der Waals surface area (Å²) in [5, 5.41) is 2.70. The van der Waals surface area contributed by atoms with Crippen molar-refractivity contribution in [3.63, 3.8) is 0 Å². The molecule has 0 aliphatic heterocycles. The molecular formula is C17H20N2O4S. The van der Waals surface area contributed by atoms with Crippen LogP contribution in [0.4, 0.5) is 5.69 Å². The number of nitrogens with one attached hydrogen (secondary N) is 2. The van der Waals surface area contributed by atoms with Crippen molar-refractivity contribution in [2.45, 2.75) is 32.6 Å². The number of amides is 1. The number of hydrogen-bond acceptors (Lipinski definition) is 4. The van der Waals surface area contributed by atoms with Gasteiger partial charge in [-0.2, -0.15) is 0 Å². The molecule has 1 aromatic heterocycles. The van der Waals surface area contributed by atoms with Crippen LogP contribution >= 0.6 is 0 Å². The Kier molecular flexibility index (Phi) is 4.94. The fourth-order valence-electron chi connectivity index (χ4n) is 2.61. The van der Waals surface area contributed by atoms with Gasteiger partial charge in [-0.3, -0.25) is 9.59 Å². The summed E-state index contributed by atoms with van der Waals surface area (Å²) < 4.78 is 23.6. The molecule has 0 fully saturated rings. The average Bonchev–Trinajstić information content (AvgIpc) is 2.82. The van der Waals surface area contributed by atoms with E-state index >= 15 is 0 Å². The summed E-state index contributed by atoms with van der Waals surface area (Å²) in [6.07, 6.45) is 0. The molecule has 6 nitrogen and oxygen atoms in total. The van der Waals surface area contributed by atoms with Gasteiger partial charge in [0.1, 0.15) is 5.69 Å². The number of carbonyl (C=O) groups excluding carboxylic acids is 2. The predicted octanol–water partition coefficient (Wildman–Crippen LogP) is 2.88. The van der Waals surface area contributed by atoms with Gasteiger partial charge in [0, 0.05) is 16.9 Å². The first-order valence-corrected chi connectivity index (χ1v) is 9.17. The van der Waals surface area contributed by atoms with Crippen LogP contribution in [0.3, 0.4) is 0 Å². The minimum absolute atomic E-state index is 0.0213. The Labute approximate surface area is 141 Å². The Bertz CT molecular complexity index is 893. The van der Waals surface area contributed by atoms with E-state index in [4.69, 9.17) is 0 Å². The molecule has 24 heavy (non-hydrogen) atoms. The van der Waals surface area contributed by atoms with Crippen molar-refractivity contribution in [3.05, 3.63) is 46.8 Å². The van der Waals surface area contributed by atoms with Crippen LogP contribution < -0.4 is 5.32 Å². The zero-order valence-corrected chi connectivity index (χ0v) is 14.9. The summed E-state index contributed by atoms with van der Waals surface area (Å²) in [5.74, 6) is -0.461. The summed E-state index contributed by atoms with van der Waals surface area (Å²) in [7, 11) is -3.27. The monoisotopic (exact) mass is 348 g/mol. The lowest BCUT2D eigenvalue weighted by atomic mass is 10.1. The first-order valence-electron chi connectivity index (χ1n) is 7.51. The van der Waals surface area contributed by atoms with Gasteiger partial charge in [-0.1, -0.05) is 6.92 Å². The lowest BCUT2D eigenvalue weighted by Crippen LogP contribution is -2.14. The van der Waals surface area contributed by atoms with Gasteiger partial charge in [0.25, 0.3) is 5.91 Å². The van der Waals surface area contributed by atoms with E-state index in [-0.39, 0.29) is 22.3 Å². The molecule has 1 amide bonds. The Balaban J connectivity index is 2.25. The minimum atomic E-state index is -3.27. The standard InChI is InChI=1S/C17H20N2O4S/c1-5-24(22,23)14-8-6-13(7-9-14)19-17(21)16-10(2)15(12(4)20)11(3)18-16/h6-9,18H,5H2,1-4H3,(H,19,21). The van der Waals surface area contributed by atoms with Crippen LogP contribution in [0.15, 0.2) is 29.2 Å². The van der Waals surface area contributed by atoms with Gasteiger partial charge >= 0.3 is 0 Å². The van der Waals surface area contributed by atoms with E-state index < -0.39 is 9.84 Å². The lowest BCUT2D eigenvalue weighted by molar-refractivity contribution is 0.101. The van der Waals surface area contributed by atoms with Crippen LogP contribution in [-0.4, -0.2) is 30.8 Å². The topological polar surface area (TPSA) is 96.1 Å². The molecule has 0 unspecified atom stereocenters. The molecule has 0 radical (unpaired) electrons. The number of ketones is 1. The third-order valence-corrected chi connectivity index (χ3v) is 5.62. The average molecular weight is 348 g/mol. The Morgan fingerprint density at radius 3 is 2.17 bits per heavy atom. The van der Waals surface area contributed by atoms with Crippen LogP contribution in [-0.2, 0) is 9.84 Å². The van der Waals surface area contributed by atoms with E-state index in [1.807, 2.05) is 0 Å². The number of rotatable bonds is 5. The van der Waals surface area contributed by atoms with Gasteiger partial charge in [-0.05, 0) is 50.6 Å². The number of sulfone groups is 1. The van der Waals surface area contributed by atoms with Crippen LogP contribution in [0.2, 0.25) is 0 Å². The van der Waals surface area contributed by atoms with Crippen molar-refractivity contribution < 1.29 is 18.0 Å². The lowest BCUT2D eigenvalue weighted by Gasteiger charge is -2.07. The van der Waals surface area contributed by atoms with Gasteiger partial charge in [0.2, 0.25) is 0 Å². The zero-order chi connectivity index (χ0) is 18.1. The molecule has 128 valence electrons. The van der Waals surface area contributed by atoms with E-state index in [1.54, 1.807) is 20.8 Å². The number of hydrogen-bond donors (Lipinski definition) is 2. The largest absolute Gasteiger partial charge is 0.354 e. The number of aryl methyl sites for hydroxylation is 1. The molecule has 1 heterocycles. The zero-order valence-electron chi connectivity index (χ0n) is 14.1. The highest BCUT2D eigenvalue weighted by Crippen LogP contribution is 2.20. The Hall–Kier alpha value is -2.41. The summed E-state index contributed by atoms with van der Waals surface area (Å²) in [6.45, 7) is 6.49. The molecule has 0 aliphatic rings. The van der Waals surface area contributed by atoms with Crippen LogP contribution in [0.1, 0.15) is 46.0 Å². The fourth-order valence-corrected chi connectivity index (χ4v) is 3.50. The van der Waals surface area contributed by atoms with Gasteiger partial charge in [0.05, 0.1) is 10.6 Å². The van der Waals surface area contributed by atoms with Crippen LogP contribution in [0.5, 0.6) is 0 Å². The van der Waals surface area contributed by atoms with Crippen LogP contribution in [0, 0.1) is 13.8 Å². The van der Waals surface area contributed by atoms with Crippen molar-refractivity contribution >= 4 is 27.2 Å². The van der Waals surface area contributed by atoms with E-state index in [9.17, 15) is 18.0 Å². The number of carbonyl (C=O) groups is 2. The molecule has 2 aromatic rings. The first kappa shape index (κ1) is 17.9. The van der Waals surface area contributed by atoms with E-state index in [0.717, 1.165) is 0 Å². The number of Topliss-reactive ketones (excluding diaryl/α,β-unsaturated/α-hetero) is 1. The van der Waals surface area contributed by atoms with Crippen molar-refractivity contribution in [1.29, 1.82) is 0 Å². The first-order chi connectivity index (χ1) is 11.2. The smallest absolute Gasteiger partial charge is 0.272 e. The SMILES string of the molecule is CCS(=O)(=O)c1ccc(NC(=O)c2[nH]c(C)c(C(C)=O)c2C)cc1. The highest BCUT2D eigenvalue weighted by molar-refractivity contribution is 7.91. The summed E-state index contributed by atoms with van der Waals surface area (Å²) in [5.41, 5.74) is 2.57. The van der Waals surface area contributed by atoms with Crippen LogP contribution in [0.25, 0.3) is 0 Å². The third-order valence-electron chi connectivity index (χ3n) is 3.87. The number of benzene rings is 1. The maximum absolute atomic E-state index is 12.4. The number of aromatic amines is 1. The molecule has 0 saturated carbocycles. The second-order valence-electron chi connectivity index (χ2n) is 5.56. The van der Waals surface area contributed by atoms with E-state index in [2.05, 4.69) is 10.3 Å². The van der Waals surface area contributed by atoms with Crippen molar-refractivity contribution in [2.75, 3.05) is 11.1 Å². The highest BCUT2D eigenvalue weighted by Gasteiger charge is 2.20. The van der Waals surface area contributed by atoms with E-state index in [0.29, 0.717) is 28.2 Å². The summed E-state index contributed by atoms with van der Waals surface area (Å²) in [6, 6.07) is 6.00. The van der Waals surface area contributed by atoms with Gasteiger partial charge < -0.3 is 10.3 Å². The van der Waals surface area contributed by atoms with Crippen molar-refractivity contribution in [1.82, 2.24) is 4.98 Å². The molecule has 2 rings (SSSR count). The predicted molar refractivity (Wildman–Crippen MR) is 92.4 cm³/mol. The summed E-state index contributed by atoms with van der Waals surface area (Å²) in [4.78, 5) is 27.2. The highest BCUT2D eigenvalue weighted by atomic mass is 32.2. The molecule has 0 bridgehead atoms. The maximum atomic E-state index is 12.4. The van der Waals surface area contributed by atoms with Crippen molar-refractivity contribution in [2.24, 2.45) is 0 Å². The Morgan fingerprint density at radius 2 is 1.71 bits per heavy atom. The molecular weight excluding hydrogens is 328 g/mol. The molecule has 0 spiro atoms. The van der Waals surface area contributed by atoms with Gasteiger partial charge in [-0.25, -0.2) is 8.42 Å².